The summed E-state index contributed by atoms with van der Waals surface area (Å²) in [6, 6.07) is 0. The smallest absolute Gasteiger partial charge is 0.184 e. The fourth-order valence-corrected chi connectivity index (χ4v) is 1.41. The number of rotatable bonds is 5. The number of ketones is 1. The van der Waals surface area contributed by atoms with Crippen molar-refractivity contribution in [3.63, 3.8) is 0 Å². The van der Waals surface area contributed by atoms with Gasteiger partial charge in [-0.15, -0.1) is 0 Å². The summed E-state index contributed by atoms with van der Waals surface area (Å²) in [4.78, 5) is 11.4. The van der Waals surface area contributed by atoms with E-state index in [1.165, 1.54) is 0 Å². The molecule has 3 nitrogen and oxygen atoms in total. The van der Waals surface area contributed by atoms with Crippen LogP contribution in [0.1, 0.15) is 33.1 Å². The van der Waals surface area contributed by atoms with Crippen LogP contribution in [-0.2, 0) is 14.3 Å². The van der Waals surface area contributed by atoms with Gasteiger partial charge in [0.05, 0.1) is 0 Å². The van der Waals surface area contributed by atoms with Gasteiger partial charge in [0.1, 0.15) is 6.10 Å². The van der Waals surface area contributed by atoms with Crippen LogP contribution in [-0.4, -0.2) is 24.8 Å². The molecule has 0 aliphatic carbocycles. The molecule has 0 aromatic heterocycles. The largest absolute Gasteiger partial charge is 0.349 e. The van der Waals surface area contributed by atoms with E-state index in [0.29, 0.717) is 6.61 Å². The van der Waals surface area contributed by atoms with Gasteiger partial charge in [-0.05, 0) is 25.5 Å². The Morgan fingerprint density at radius 3 is 2.93 bits per heavy atom. The fourth-order valence-electron chi connectivity index (χ4n) is 1.41. The van der Waals surface area contributed by atoms with Crippen molar-refractivity contribution in [2.75, 3.05) is 6.61 Å². The number of unbranched alkanes of at least 4 members (excludes halogenated alkanes) is 1. The first-order valence-electron chi connectivity index (χ1n) is 5.27. The molecule has 0 amide bonds. The highest BCUT2D eigenvalue weighted by Crippen LogP contribution is 2.15. The van der Waals surface area contributed by atoms with Gasteiger partial charge in [0.25, 0.3) is 0 Å². The van der Waals surface area contributed by atoms with E-state index in [-0.39, 0.29) is 18.2 Å². The summed E-state index contributed by atoms with van der Waals surface area (Å²) < 4.78 is 10.8. The molecule has 0 aromatic rings. The predicted molar refractivity (Wildman–Crippen MR) is 54.0 cm³/mol. The van der Waals surface area contributed by atoms with Gasteiger partial charge in [0.15, 0.2) is 12.1 Å². The van der Waals surface area contributed by atoms with Crippen LogP contribution in [0.2, 0.25) is 0 Å². The van der Waals surface area contributed by atoms with Gasteiger partial charge in [0.2, 0.25) is 0 Å². The Kier molecular flexibility index (Phi) is 4.84. The standard InChI is InChI=1S/C11H18O3/c1-3-5-6-10-9(12)7-8-11(14-10)13-4-2/h7-8,10-11H,3-6H2,1-2H3. The molecule has 0 saturated heterocycles. The summed E-state index contributed by atoms with van der Waals surface area (Å²) in [5, 5.41) is 0. The maximum Gasteiger partial charge on any atom is 0.184 e. The highest BCUT2D eigenvalue weighted by Gasteiger charge is 2.24. The van der Waals surface area contributed by atoms with Gasteiger partial charge < -0.3 is 9.47 Å². The van der Waals surface area contributed by atoms with Crippen molar-refractivity contribution in [3.8, 4) is 0 Å². The number of hydrogen-bond acceptors (Lipinski definition) is 3. The molecule has 0 radical (unpaired) electrons. The Labute approximate surface area is 85.1 Å². The summed E-state index contributed by atoms with van der Waals surface area (Å²) in [5.74, 6) is 0.0643. The van der Waals surface area contributed by atoms with E-state index in [2.05, 4.69) is 6.92 Å². The normalized spacial score (nSPS) is 26.9. The van der Waals surface area contributed by atoms with E-state index in [4.69, 9.17) is 9.47 Å². The minimum Gasteiger partial charge on any atom is -0.349 e. The van der Waals surface area contributed by atoms with Crippen LogP contribution in [0.25, 0.3) is 0 Å². The first-order valence-corrected chi connectivity index (χ1v) is 5.27. The number of ether oxygens (including phenoxy) is 2. The molecule has 80 valence electrons. The van der Waals surface area contributed by atoms with E-state index in [1.54, 1.807) is 12.2 Å². The van der Waals surface area contributed by atoms with E-state index in [9.17, 15) is 4.79 Å². The van der Waals surface area contributed by atoms with Crippen molar-refractivity contribution in [1.29, 1.82) is 0 Å². The van der Waals surface area contributed by atoms with Gasteiger partial charge >= 0.3 is 0 Å². The van der Waals surface area contributed by atoms with Crippen LogP contribution in [0.3, 0.4) is 0 Å². The van der Waals surface area contributed by atoms with Gasteiger partial charge in [-0.2, -0.15) is 0 Å². The van der Waals surface area contributed by atoms with Gasteiger partial charge in [0, 0.05) is 6.61 Å². The van der Waals surface area contributed by atoms with Crippen LogP contribution in [0.5, 0.6) is 0 Å². The molecular formula is C11H18O3. The molecule has 14 heavy (non-hydrogen) atoms. The van der Waals surface area contributed by atoms with Crippen LogP contribution in [0.15, 0.2) is 12.2 Å². The van der Waals surface area contributed by atoms with Gasteiger partial charge in [-0.1, -0.05) is 19.8 Å². The lowest BCUT2D eigenvalue weighted by Crippen LogP contribution is -2.33. The third-order valence-corrected chi connectivity index (χ3v) is 2.18. The van der Waals surface area contributed by atoms with Crippen LogP contribution in [0.4, 0.5) is 0 Å². The summed E-state index contributed by atoms with van der Waals surface area (Å²) in [7, 11) is 0. The minimum atomic E-state index is -0.334. The lowest BCUT2D eigenvalue weighted by Gasteiger charge is -2.24. The van der Waals surface area contributed by atoms with Crippen molar-refractivity contribution in [1.82, 2.24) is 0 Å². The Morgan fingerprint density at radius 1 is 1.50 bits per heavy atom. The summed E-state index contributed by atoms with van der Waals surface area (Å²) in [6.07, 6.45) is 5.51. The molecule has 0 N–H and O–H groups in total. The number of carbonyl (C=O) groups excluding carboxylic acids is 1. The monoisotopic (exact) mass is 198 g/mol. The van der Waals surface area contributed by atoms with Gasteiger partial charge in [-0.3, -0.25) is 4.79 Å². The zero-order valence-corrected chi connectivity index (χ0v) is 8.86. The molecule has 0 spiro atoms. The summed E-state index contributed by atoms with van der Waals surface area (Å²) in [6.45, 7) is 4.61. The Hall–Kier alpha value is -0.670. The van der Waals surface area contributed by atoms with E-state index in [0.717, 1.165) is 19.3 Å². The quantitative estimate of drug-likeness (QED) is 0.678. The highest BCUT2D eigenvalue weighted by molar-refractivity contribution is 5.94. The molecule has 1 heterocycles. The van der Waals surface area contributed by atoms with Crippen molar-refractivity contribution in [2.45, 2.75) is 45.5 Å². The van der Waals surface area contributed by atoms with Crippen molar-refractivity contribution in [2.24, 2.45) is 0 Å². The predicted octanol–water partition coefficient (Wildman–Crippen LogP) is 2.06. The average Bonchev–Trinajstić information content (AvgIpc) is 2.19. The minimum absolute atomic E-state index is 0.0643. The molecule has 2 atom stereocenters. The maximum absolute atomic E-state index is 11.4. The van der Waals surface area contributed by atoms with Gasteiger partial charge in [-0.25, -0.2) is 0 Å². The Morgan fingerprint density at radius 2 is 2.29 bits per heavy atom. The maximum atomic E-state index is 11.4. The molecule has 0 fully saturated rings. The lowest BCUT2D eigenvalue weighted by atomic mass is 10.1. The topological polar surface area (TPSA) is 35.5 Å². The average molecular weight is 198 g/mol. The first kappa shape index (κ1) is 11.4. The molecule has 0 aromatic carbocycles. The Bertz CT molecular complexity index is 211. The third-order valence-electron chi connectivity index (χ3n) is 2.18. The molecular weight excluding hydrogens is 180 g/mol. The van der Waals surface area contributed by atoms with Crippen molar-refractivity contribution in [3.05, 3.63) is 12.2 Å². The summed E-state index contributed by atoms with van der Waals surface area (Å²) in [5.41, 5.74) is 0. The zero-order chi connectivity index (χ0) is 10.4. The number of carbonyl (C=O) groups is 1. The van der Waals surface area contributed by atoms with Crippen molar-refractivity contribution < 1.29 is 14.3 Å². The lowest BCUT2D eigenvalue weighted by molar-refractivity contribution is -0.162. The summed E-state index contributed by atoms with van der Waals surface area (Å²) >= 11 is 0. The SMILES string of the molecule is CCCCC1OC(OCC)C=CC1=O. The van der Waals surface area contributed by atoms with Crippen LogP contribution < -0.4 is 0 Å². The molecule has 1 rings (SSSR count). The fraction of sp³-hybridized carbons (Fsp3) is 0.727. The third kappa shape index (κ3) is 3.24. The van der Waals surface area contributed by atoms with Crippen LogP contribution >= 0.6 is 0 Å². The molecule has 3 heteroatoms. The highest BCUT2D eigenvalue weighted by atomic mass is 16.7. The second kappa shape index (κ2) is 5.94. The number of hydrogen-bond donors (Lipinski definition) is 0. The second-order valence-corrected chi connectivity index (χ2v) is 3.35. The molecule has 1 aliphatic heterocycles. The van der Waals surface area contributed by atoms with Crippen molar-refractivity contribution >= 4 is 5.78 Å². The molecule has 1 aliphatic rings. The first-order chi connectivity index (χ1) is 6.77. The molecule has 2 unspecified atom stereocenters. The Balaban J connectivity index is 2.43. The molecule has 0 saturated carbocycles. The zero-order valence-electron chi connectivity index (χ0n) is 8.86. The second-order valence-electron chi connectivity index (χ2n) is 3.35. The van der Waals surface area contributed by atoms with E-state index in [1.807, 2.05) is 6.92 Å². The van der Waals surface area contributed by atoms with Crippen LogP contribution in [0, 0.1) is 0 Å². The van der Waals surface area contributed by atoms with E-state index < -0.39 is 0 Å². The van der Waals surface area contributed by atoms with E-state index >= 15 is 0 Å². The molecule has 0 bridgehead atoms.